The van der Waals surface area contributed by atoms with Gasteiger partial charge in [0.05, 0.1) is 0 Å². The molecular weight excluding hydrogens is 336 g/mol. The van der Waals surface area contributed by atoms with Crippen LogP contribution in [0.4, 0.5) is 9.59 Å². The van der Waals surface area contributed by atoms with Crippen LogP contribution in [-0.4, -0.2) is 50.8 Å². The second kappa shape index (κ2) is 7.17. The molecule has 2 atom stereocenters. The molecule has 0 bridgehead atoms. The van der Waals surface area contributed by atoms with Crippen LogP contribution in [0.25, 0.3) is 0 Å². The van der Waals surface area contributed by atoms with Crippen LogP contribution in [0, 0.1) is 5.92 Å². The van der Waals surface area contributed by atoms with E-state index in [0.717, 1.165) is 5.69 Å². The average Bonchev–Trinajstić information content (AvgIpc) is 2.82. The van der Waals surface area contributed by atoms with Gasteiger partial charge in [0.1, 0.15) is 17.4 Å². The Morgan fingerprint density at radius 1 is 1.19 bits per heavy atom. The van der Waals surface area contributed by atoms with Gasteiger partial charge in [-0.15, -0.1) is 0 Å². The zero-order chi connectivity index (χ0) is 19.7. The van der Waals surface area contributed by atoms with Gasteiger partial charge in [-0.3, -0.25) is 9.58 Å². The number of nitrogens with zero attached hydrogens (tertiary/aromatic N) is 3. The number of carbonyl (C=O) groups is 2. The summed E-state index contributed by atoms with van der Waals surface area (Å²) in [5.74, 6) is 0.0606. The molecule has 1 fully saturated rings. The van der Waals surface area contributed by atoms with Gasteiger partial charge in [0.25, 0.3) is 0 Å². The molecule has 2 unspecified atom stereocenters. The van der Waals surface area contributed by atoms with Crippen molar-refractivity contribution in [3.05, 3.63) is 18.0 Å². The third-order valence-corrected chi connectivity index (χ3v) is 3.90. The zero-order valence-electron chi connectivity index (χ0n) is 16.7. The van der Waals surface area contributed by atoms with Crippen molar-refractivity contribution in [2.45, 2.75) is 65.3 Å². The molecule has 8 nitrogen and oxygen atoms in total. The Labute approximate surface area is 154 Å². The van der Waals surface area contributed by atoms with Crippen LogP contribution in [0.2, 0.25) is 0 Å². The first-order valence-corrected chi connectivity index (χ1v) is 8.82. The summed E-state index contributed by atoms with van der Waals surface area (Å²) in [7, 11) is 1.87. The van der Waals surface area contributed by atoms with Crippen LogP contribution in [0.15, 0.2) is 12.3 Å². The smallest absolute Gasteiger partial charge is 0.411 e. The van der Waals surface area contributed by atoms with E-state index in [4.69, 9.17) is 9.47 Å². The standard InChI is InChI=1S/C18H30N4O4/c1-17(2,3)25-15(23)20-14-12(10-13-8-9-19-21(13)7)11-22(14)16(24)26-18(4,5)6/h8-9,12,14H,10-11H2,1-7H3,(H,20,23). The minimum atomic E-state index is -0.609. The molecule has 1 aliphatic rings. The zero-order valence-corrected chi connectivity index (χ0v) is 16.7. The predicted octanol–water partition coefficient (Wildman–Crippen LogP) is 2.68. The normalized spacial score (nSPS) is 20.3. The average molecular weight is 366 g/mol. The molecule has 0 saturated carbocycles. The summed E-state index contributed by atoms with van der Waals surface area (Å²) in [6, 6.07) is 1.93. The van der Waals surface area contributed by atoms with Crippen LogP contribution in [0.5, 0.6) is 0 Å². The molecule has 1 N–H and O–H groups in total. The molecule has 2 heterocycles. The molecule has 1 aliphatic heterocycles. The summed E-state index contributed by atoms with van der Waals surface area (Å²) < 4.78 is 12.6. The Balaban J connectivity index is 2.08. The van der Waals surface area contributed by atoms with Crippen molar-refractivity contribution in [2.75, 3.05) is 6.54 Å². The number of amides is 2. The van der Waals surface area contributed by atoms with Crippen molar-refractivity contribution in [2.24, 2.45) is 13.0 Å². The number of alkyl carbamates (subject to hydrolysis) is 1. The summed E-state index contributed by atoms with van der Waals surface area (Å²) in [4.78, 5) is 26.2. The first-order chi connectivity index (χ1) is 11.9. The van der Waals surface area contributed by atoms with E-state index in [1.54, 1.807) is 31.6 Å². The fourth-order valence-electron chi connectivity index (χ4n) is 2.76. The van der Waals surface area contributed by atoms with Gasteiger partial charge >= 0.3 is 12.2 Å². The van der Waals surface area contributed by atoms with Gasteiger partial charge in [0, 0.05) is 31.4 Å². The van der Waals surface area contributed by atoms with Crippen molar-refractivity contribution >= 4 is 12.2 Å². The largest absolute Gasteiger partial charge is 0.444 e. The molecule has 0 aliphatic carbocycles. The van der Waals surface area contributed by atoms with Crippen molar-refractivity contribution in [3.63, 3.8) is 0 Å². The topological polar surface area (TPSA) is 85.7 Å². The Hall–Kier alpha value is -2.25. The fourth-order valence-corrected chi connectivity index (χ4v) is 2.76. The third-order valence-electron chi connectivity index (χ3n) is 3.90. The van der Waals surface area contributed by atoms with Gasteiger partial charge in [0.2, 0.25) is 0 Å². The monoisotopic (exact) mass is 366 g/mol. The summed E-state index contributed by atoms with van der Waals surface area (Å²) in [5.41, 5.74) is -0.169. The summed E-state index contributed by atoms with van der Waals surface area (Å²) in [5, 5.41) is 6.97. The van der Waals surface area contributed by atoms with Crippen LogP contribution in [0.3, 0.4) is 0 Å². The first kappa shape index (κ1) is 20.1. The van der Waals surface area contributed by atoms with E-state index in [1.807, 2.05) is 33.9 Å². The van der Waals surface area contributed by atoms with Crippen molar-refractivity contribution < 1.29 is 19.1 Å². The van der Waals surface area contributed by atoms with Crippen molar-refractivity contribution in [1.29, 1.82) is 0 Å². The quantitative estimate of drug-likeness (QED) is 0.889. The number of hydrogen-bond acceptors (Lipinski definition) is 5. The highest BCUT2D eigenvalue weighted by atomic mass is 16.6. The Kier molecular flexibility index (Phi) is 5.53. The molecule has 0 spiro atoms. The molecule has 1 saturated heterocycles. The van der Waals surface area contributed by atoms with Crippen molar-refractivity contribution in [1.82, 2.24) is 20.0 Å². The Bertz CT molecular complexity index is 657. The summed E-state index contributed by atoms with van der Waals surface area (Å²) in [6.45, 7) is 11.3. The Morgan fingerprint density at radius 3 is 2.31 bits per heavy atom. The minimum Gasteiger partial charge on any atom is -0.444 e. The highest BCUT2D eigenvalue weighted by Crippen LogP contribution is 2.29. The third kappa shape index (κ3) is 5.37. The van der Waals surface area contributed by atoms with Gasteiger partial charge in [-0.25, -0.2) is 9.59 Å². The molecule has 1 aromatic rings. The van der Waals surface area contributed by atoms with E-state index in [9.17, 15) is 9.59 Å². The van der Waals surface area contributed by atoms with Crippen LogP contribution >= 0.6 is 0 Å². The SMILES string of the molecule is Cn1nccc1CC1CN(C(=O)OC(C)(C)C)C1NC(=O)OC(C)(C)C. The Morgan fingerprint density at radius 2 is 1.81 bits per heavy atom. The van der Waals surface area contributed by atoms with E-state index < -0.39 is 29.6 Å². The van der Waals surface area contributed by atoms with Gasteiger partial charge in [-0.1, -0.05) is 0 Å². The second-order valence-electron chi connectivity index (χ2n) is 8.63. The number of likely N-dealkylation sites (tertiary alicyclic amines) is 1. The van der Waals surface area contributed by atoms with Gasteiger partial charge in [-0.05, 0) is 54.0 Å². The van der Waals surface area contributed by atoms with E-state index in [0.29, 0.717) is 13.0 Å². The number of aromatic nitrogens is 2. The van der Waals surface area contributed by atoms with E-state index in [1.165, 1.54) is 4.90 Å². The van der Waals surface area contributed by atoms with Gasteiger partial charge in [0.15, 0.2) is 0 Å². The minimum absolute atomic E-state index is 0.0606. The fraction of sp³-hybridized carbons (Fsp3) is 0.722. The molecule has 8 heteroatoms. The molecule has 2 rings (SSSR count). The highest BCUT2D eigenvalue weighted by molar-refractivity contribution is 5.73. The van der Waals surface area contributed by atoms with E-state index in [2.05, 4.69) is 10.4 Å². The lowest BCUT2D eigenvalue weighted by Crippen LogP contribution is -2.67. The van der Waals surface area contributed by atoms with E-state index >= 15 is 0 Å². The lowest BCUT2D eigenvalue weighted by molar-refractivity contribution is -0.0431. The lowest BCUT2D eigenvalue weighted by Gasteiger charge is -2.47. The van der Waals surface area contributed by atoms with Crippen LogP contribution in [-0.2, 0) is 22.9 Å². The lowest BCUT2D eigenvalue weighted by atomic mass is 9.90. The maximum Gasteiger partial charge on any atom is 0.411 e. The van der Waals surface area contributed by atoms with Crippen molar-refractivity contribution in [3.8, 4) is 0 Å². The molecular formula is C18H30N4O4. The predicted molar refractivity (Wildman–Crippen MR) is 96.5 cm³/mol. The maximum atomic E-state index is 12.4. The number of aryl methyl sites for hydroxylation is 1. The summed E-state index contributed by atoms with van der Waals surface area (Å²) >= 11 is 0. The molecule has 0 aromatic carbocycles. The first-order valence-electron chi connectivity index (χ1n) is 8.82. The molecule has 0 radical (unpaired) electrons. The summed E-state index contributed by atoms with van der Waals surface area (Å²) in [6.07, 6.45) is 0.951. The second-order valence-corrected chi connectivity index (χ2v) is 8.63. The van der Waals surface area contributed by atoms with E-state index in [-0.39, 0.29) is 5.92 Å². The number of ether oxygens (including phenoxy) is 2. The molecule has 26 heavy (non-hydrogen) atoms. The number of hydrogen-bond donors (Lipinski definition) is 1. The number of carbonyl (C=O) groups excluding carboxylic acids is 2. The number of nitrogens with one attached hydrogen (secondary N) is 1. The molecule has 1 aromatic heterocycles. The van der Waals surface area contributed by atoms with Crippen LogP contribution < -0.4 is 5.32 Å². The maximum absolute atomic E-state index is 12.4. The number of rotatable bonds is 3. The van der Waals surface area contributed by atoms with Gasteiger partial charge in [-0.2, -0.15) is 5.10 Å². The molecule has 2 amide bonds. The van der Waals surface area contributed by atoms with Gasteiger partial charge < -0.3 is 14.8 Å². The van der Waals surface area contributed by atoms with Crippen LogP contribution in [0.1, 0.15) is 47.2 Å². The highest BCUT2D eigenvalue weighted by Gasteiger charge is 2.45. The molecule has 146 valence electrons.